The molecule has 1 rings (SSSR count). The molecule has 0 radical (unpaired) electrons. The summed E-state index contributed by atoms with van der Waals surface area (Å²) in [7, 11) is -3.79. The summed E-state index contributed by atoms with van der Waals surface area (Å²) < 4.78 is 24.0. The summed E-state index contributed by atoms with van der Waals surface area (Å²) in [6, 6.07) is 3.61. The Morgan fingerprint density at radius 2 is 1.96 bits per heavy atom. The van der Waals surface area contributed by atoms with Gasteiger partial charge in [0, 0.05) is 30.9 Å². The molecule has 0 heterocycles. The maximum atomic E-state index is 12.5. The van der Waals surface area contributed by atoms with Gasteiger partial charge in [0.25, 0.3) is 5.69 Å². The summed E-state index contributed by atoms with van der Waals surface area (Å²) in [6.45, 7) is -0.750. The maximum Gasteiger partial charge on any atom is 0.341 e. The van der Waals surface area contributed by atoms with Crippen LogP contribution in [0.4, 0.5) is 5.69 Å². The molecule has 0 aliphatic carbocycles. The largest absolute Gasteiger partial charge is 0.482 e. The lowest BCUT2D eigenvalue weighted by Gasteiger charge is -2.26. The molecule has 26 heavy (non-hydrogen) atoms. The second kappa shape index (κ2) is 10.7. The van der Waals surface area contributed by atoms with Crippen LogP contribution in [0.3, 0.4) is 0 Å². The van der Waals surface area contributed by atoms with Gasteiger partial charge in [0.15, 0.2) is 6.61 Å². The number of ether oxygens (including phenoxy) is 1. The standard InChI is InChI=1S/C13H18Cl2N3O7P/c14-3-5-17(6-4-15)26(16,23)25-8-10-7-11(24-9-13(19)20)1-2-12(10)18(21)22/h1-2,7H,3-6,8-9H2,(H2,16,23)(H,19,20). The second-order valence-corrected chi connectivity index (χ2v) is 7.61. The smallest absolute Gasteiger partial charge is 0.341 e. The number of carboxylic acids is 1. The number of nitrogens with two attached hydrogens (primary N) is 1. The summed E-state index contributed by atoms with van der Waals surface area (Å²) in [5.74, 6) is -0.840. The van der Waals surface area contributed by atoms with Gasteiger partial charge in [-0.1, -0.05) is 0 Å². The van der Waals surface area contributed by atoms with Gasteiger partial charge in [0.2, 0.25) is 0 Å². The van der Waals surface area contributed by atoms with E-state index in [4.69, 9.17) is 43.1 Å². The molecule has 13 heteroatoms. The fourth-order valence-electron chi connectivity index (χ4n) is 1.92. The number of rotatable bonds is 12. The van der Waals surface area contributed by atoms with E-state index in [2.05, 4.69) is 0 Å². The predicted octanol–water partition coefficient (Wildman–Crippen LogP) is 2.42. The Morgan fingerprint density at radius 3 is 2.46 bits per heavy atom. The Balaban J connectivity index is 2.97. The quantitative estimate of drug-likeness (QED) is 0.221. The van der Waals surface area contributed by atoms with Crippen LogP contribution in [0.5, 0.6) is 5.75 Å². The number of benzene rings is 1. The molecule has 0 aliphatic rings. The summed E-state index contributed by atoms with van der Waals surface area (Å²) in [4.78, 5) is 21.0. The first kappa shape index (κ1) is 22.6. The van der Waals surface area contributed by atoms with Gasteiger partial charge in [-0.25, -0.2) is 15.0 Å². The highest BCUT2D eigenvalue weighted by atomic mass is 35.5. The molecule has 146 valence electrons. The Kier molecular flexibility index (Phi) is 9.28. The van der Waals surface area contributed by atoms with Gasteiger partial charge in [-0.2, -0.15) is 0 Å². The number of hydrogen-bond acceptors (Lipinski definition) is 6. The highest BCUT2D eigenvalue weighted by molar-refractivity contribution is 7.53. The van der Waals surface area contributed by atoms with Crippen LogP contribution in [0.25, 0.3) is 0 Å². The van der Waals surface area contributed by atoms with Crippen molar-refractivity contribution in [3.8, 4) is 5.75 Å². The minimum atomic E-state index is -3.79. The second-order valence-electron chi connectivity index (χ2n) is 4.90. The van der Waals surface area contributed by atoms with E-state index in [1.165, 1.54) is 16.8 Å². The van der Waals surface area contributed by atoms with Crippen molar-refractivity contribution in [1.82, 2.24) is 4.67 Å². The normalized spacial score (nSPS) is 13.4. The zero-order chi connectivity index (χ0) is 19.7. The van der Waals surface area contributed by atoms with Crippen molar-refractivity contribution in [1.29, 1.82) is 0 Å². The monoisotopic (exact) mass is 429 g/mol. The van der Waals surface area contributed by atoms with Gasteiger partial charge in [0.05, 0.1) is 17.1 Å². The minimum absolute atomic E-state index is 0.0280. The van der Waals surface area contributed by atoms with E-state index >= 15 is 0 Å². The minimum Gasteiger partial charge on any atom is -0.482 e. The first-order valence-electron chi connectivity index (χ1n) is 7.23. The van der Waals surface area contributed by atoms with Crippen molar-refractivity contribution in [2.75, 3.05) is 31.5 Å². The van der Waals surface area contributed by atoms with Gasteiger partial charge < -0.3 is 14.4 Å². The van der Waals surface area contributed by atoms with Gasteiger partial charge in [-0.05, 0) is 12.1 Å². The molecule has 1 aromatic rings. The number of halogens is 2. The van der Waals surface area contributed by atoms with E-state index in [1.807, 2.05) is 0 Å². The number of carboxylic acid groups (broad SMARTS) is 1. The van der Waals surface area contributed by atoms with Crippen molar-refractivity contribution in [2.45, 2.75) is 6.61 Å². The first-order valence-corrected chi connectivity index (χ1v) is 9.95. The molecular weight excluding hydrogens is 412 g/mol. The molecule has 0 fully saturated rings. The third-order valence-corrected chi connectivity index (χ3v) is 5.12. The molecule has 1 aromatic carbocycles. The number of aliphatic carboxylic acids is 1. The molecule has 10 nitrogen and oxygen atoms in total. The van der Waals surface area contributed by atoms with Gasteiger partial charge in [-0.15, -0.1) is 23.2 Å². The van der Waals surface area contributed by atoms with Gasteiger partial charge >= 0.3 is 13.6 Å². The Hall–Kier alpha value is -1.42. The molecule has 0 saturated carbocycles. The Bertz CT molecular complexity index is 686. The summed E-state index contributed by atoms with van der Waals surface area (Å²) >= 11 is 11.3. The lowest BCUT2D eigenvalue weighted by atomic mass is 10.2. The third kappa shape index (κ3) is 7.06. The van der Waals surface area contributed by atoms with Crippen LogP contribution in [0.15, 0.2) is 18.2 Å². The maximum absolute atomic E-state index is 12.5. The Labute approximate surface area is 159 Å². The molecule has 1 unspecified atom stereocenters. The van der Waals surface area contributed by atoms with Crippen LogP contribution in [0, 0.1) is 10.1 Å². The summed E-state index contributed by atoms with van der Waals surface area (Å²) in [5, 5.41) is 19.8. The average molecular weight is 430 g/mol. The number of hydrogen-bond donors (Lipinski definition) is 2. The van der Waals surface area contributed by atoms with Crippen molar-refractivity contribution < 1.29 is 28.7 Å². The van der Waals surface area contributed by atoms with E-state index in [-0.39, 0.29) is 41.8 Å². The molecule has 3 N–H and O–H groups in total. The van der Waals surface area contributed by atoms with Crippen LogP contribution in [0.1, 0.15) is 5.56 Å². The molecular formula is C13H18Cl2N3O7P. The van der Waals surface area contributed by atoms with E-state index < -0.39 is 31.8 Å². The molecule has 0 saturated heterocycles. The van der Waals surface area contributed by atoms with Crippen LogP contribution in [0.2, 0.25) is 0 Å². The lowest BCUT2D eigenvalue weighted by Crippen LogP contribution is -2.29. The lowest BCUT2D eigenvalue weighted by molar-refractivity contribution is -0.385. The van der Waals surface area contributed by atoms with E-state index in [0.29, 0.717) is 0 Å². The average Bonchev–Trinajstić information content (AvgIpc) is 2.57. The van der Waals surface area contributed by atoms with E-state index in [0.717, 1.165) is 6.07 Å². The fraction of sp³-hybridized carbons (Fsp3) is 0.462. The highest BCUT2D eigenvalue weighted by Gasteiger charge is 2.28. The zero-order valence-electron chi connectivity index (χ0n) is 13.5. The molecule has 0 aromatic heterocycles. The summed E-state index contributed by atoms with van der Waals surface area (Å²) in [6.07, 6.45) is 0. The van der Waals surface area contributed by atoms with Crippen LogP contribution in [-0.2, 0) is 20.5 Å². The SMILES string of the molecule is NP(=O)(OCc1cc(OCC(=O)O)ccc1[N+](=O)[O-])N(CCCl)CCCl. The number of nitro benzene ring substituents is 1. The van der Waals surface area contributed by atoms with E-state index in [9.17, 15) is 19.5 Å². The van der Waals surface area contributed by atoms with Crippen LogP contribution in [-0.4, -0.2) is 52.1 Å². The Morgan fingerprint density at radius 1 is 1.35 bits per heavy atom. The van der Waals surface area contributed by atoms with Crippen LogP contribution < -0.4 is 10.2 Å². The molecule has 0 aliphatic heterocycles. The topological polar surface area (TPSA) is 145 Å². The fourth-order valence-corrected chi connectivity index (χ4v) is 3.81. The van der Waals surface area contributed by atoms with Gasteiger partial charge in [-0.3, -0.25) is 14.7 Å². The number of carbonyl (C=O) groups is 1. The molecule has 0 amide bonds. The number of alkyl halides is 2. The predicted molar refractivity (Wildman–Crippen MR) is 95.8 cm³/mol. The summed E-state index contributed by atoms with van der Waals surface area (Å²) in [5.41, 5.74) is 5.42. The number of nitrogens with zero attached hydrogens (tertiary/aromatic N) is 2. The molecule has 0 bridgehead atoms. The number of nitro groups is 1. The van der Waals surface area contributed by atoms with Crippen molar-refractivity contribution in [3.05, 3.63) is 33.9 Å². The van der Waals surface area contributed by atoms with Crippen molar-refractivity contribution in [2.24, 2.45) is 5.50 Å². The molecule has 1 atom stereocenters. The molecule has 0 spiro atoms. The van der Waals surface area contributed by atoms with Gasteiger partial charge in [0.1, 0.15) is 5.75 Å². The first-order chi connectivity index (χ1) is 12.2. The third-order valence-electron chi connectivity index (χ3n) is 3.09. The highest BCUT2D eigenvalue weighted by Crippen LogP contribution is 2.44. The van der Waals surface area contributed by atoms with Crippen molar-refractivity contribution >= 4 is 42.5 Å². The van der Waals surface area contributed by atoms with Crippen molar-refractivity contribution in [3.63, 3.8) is 0 Å². The zero-order valence-corrected chi connectivity index (χ0v) is 16.0. The van der Waals surface area contributed by atoms with Crippen LogP contribution >= 0.6 is 30.9 Å². The van der Waals surface area contributed by atoms with E-state index in [1.54, 1.807) is 0 Å².